The quantitative estimate of drug-likeness (QED) is 0.869. The Morgan fingerprint density at radius 2 is 2.41 bits per heavy atom. The van der Waals surface area contributed by atoms with Gasteiger partial charge in [-0.2, -0.15) is 0 Å². The molecule has 90 valence electrons. The Balaban J connectivity index is 2.40. The Bertz CT molecular complexity index is 532. The Hall–Kier alpha value is -1.66. The molecule has 0 amide bonds. The highest BCUT2D eigenvalue weighted by Crippen LogP contribution is 2.29. The van der Waals surface area contributed by atoms with Crippen LogP contribution in [-0.2, 0) is 6.54 Å². The van der Waals surface area contributed by atoms with Gasteiger partial charge >= 0.3 is 5.97 Å². The molecule has 0 bridgehead atoms. The molecule has 17 heavy (non-hydrogen) atoms. The van der Waals surface area contributed by atoms with Crippen molar-refractivity contribution in [2.75, 3.05) is 0 Å². The summed E-state index contributed by atoms with van der Waals surface area (Å²) < 4.78 is 1.79. The number of aromatic nitrogens is 2. The van der Waals surface area contributed by atoms with Crippen LogP contribution in [0.4, 0.5) is 0 Å². The van der Waals surface area contributed by atoms with Crippen LogP contribution in [0.15, 0.2) is 24.0 Å². The van der Waals surface area contributed by atoms with E-state index in [-0.39, 0.29) is 5.56 Å². The fourth-order valence-corrected chi connectivity index (χ4v) is 2.55. The molecule has 1 atom stereocenters. The average Bonchev–Trinajstić information content (AvgIpc) is 2.96. The predicted molar refractivity (Wildman–Crippen MR) is 63.2 cm³/mol. The number of carboxylic acid groups (broad SMARTS) is 1. The smallest absolute Gasteiger partial charge is 0.336 e. The second-order valence-corrected chi connectivity index (χ2v) is 4.46. The molecule has 2 rings (SSSR count). The average molecular weight is 252 g/mol. The summed E-state index contributed by atoms with van der Waals surface area (Å²) in [6.07, 6.45) is 2.23. The summed E-state index contributed by atoms with van der Waals surface area (Å²) in [5.41, 5.74) is 0.754. The number of carboxylic acids is 1. The van der Waals surface area contributed by atoms with Crippen LogP contribution in [0.25, 0.3) is 0 Å². The normalized spacial score (nSPS) is 12.6. The van der Waals surface area contributed by atoms with Crippen LogP contribution in [0, 0.1) is 0 Å². The molecule has 0 spiro atoms. The summed E-state index contributed by atoms with van der Waals surface area (Å²) in [4.78, 5) is 15.4. The van der Waals surface area contributed by atoms with Crippen molar-refractivity contribution >= 4 is 17.3 Å². The third-order valence-electron chi connectivity index (χ3n) is 2.54. The number of thiophene rings is 1. The first-order valence-corrected chi connectivity index (χ1v) is 6.01. The Morgan fingerprint density at radius 3 is 3.06 bits per heavy atom. The number of hydrogen-bond acceptors (Lipinski definition) is 4. The third-order valence-corrected chi connectivity index (χ3v) is 3.51. The highest BCUT2D eigenvalue weighted by Gasteiger charge is 2.22. The summed E-state index contributed by atoms with van der Waals surface area (Å²) in [6, 6.07) is 1.50. The van der Waals surface area contributed by atoms with E-state index in [0.717, 1.165) is 0 Å². The first-order chi connectivity index (χ1) is 8.15. The lowest BCUT2D eigenvalue weighted by Gasteiger charge is -2.12. The molecule has 2 heterocycles. The van der Waals surface area contributed by atoms with Gasteiger partial charge < -0.3 is 14.8 Å². The largest absolute Gasteiger partial charge is 0.478 e. The number of nitrogens with zero attached hydrogens (tertiary/aromatic N) is 2. The highest BCUT2D eigenvalue weighted by atomic mass is 32.1. The molecule has 1 unspecified atom stereocenters. The van der Waals surface area contributed by atoms with Crippen molar-refractivity contribution in [1.82, 2.24) is 9.55 Å². The van der Waals surface area contributed by atoms with E-state index < -0.39 is 12.1 Å². The summed E-state index contributed by atoms with van der Waals surface area (Å²) >= 11 is 1.23. The van der Waals surface area contributed by atoms with Gasteiger partial charge in [-0.25, -0.2) is 9.78 Å². The van der Waals surface area contributed by atoms with Gasteiger partial charge in [-0.3, -0.25) is 0 Å². The molecule has 0 saturated heterocycles. The van der Waals surface area contributed by atoms with E-state index in [1.807, 2.05) is 6.92 Å². The Morgan fingerprint density at radius 1 is 1.65 bits per heavy atom. The topological polar surface area (TPSA) is 75.3 Å². The molecule has 2 aromatic rings. The van der Waals surface area contributed by atoms with Crippen LogP contribution in [0.5, 0.6) is 0 Å². The number of rotatable bonds is 4. The molecule has 2 aromatic heterocycles. The minimum Gasteiger partial charge on any atom is -0.478 e. The number of aromatic carboxylic acids is 1. The number of aliphatic hydroxyl groups is 1. The van der Waals surface area contributed by atoms with E-state index in [4.69, 9.17) is 5.11 Å². The van der Waals surface area contributed by atoms with Crippen LogP contribution in [-0.4, -0.2) is 25.7 Å². The van der Waals surface area contributed by atoms with Gasteiger partial charge in [0.25, 0.3) is 0 Å². The van der Waals surface area contributed by atoms with Crippen LogP contribution in [0.1, 0.15) is 34.0 Å². The van der Waals surface area contributed by atoms with Crippen molar-refractivity contribution in [2.24, 2.45) is 0 Å². The van der Waals surface area contributed by atoms with E-state index in [2.05, 4.69) is 4.98 Å². The molecular weight excluding hydrogens is 240 g/mol. The van der Waals surface area contributed by atoms with Gasteiger partial charge in [-0.05, 0) is 18.4 Å². The maximum atomic E-state index is 11.0. The number of imidazole rings is 1. The van der Waals surface area contributed by atoms with Crippen molar-refractivity contribution < 1.29 is 15.0 Å². The molecule has 0 radical (unpaired) electrons. The second kappa shape index (κ2) is 4.68. The van der Waals surface area contributed by atoms with Gasteiger partial charge in [-0.15, -0.1) is 11.3 Å². The van der Waals surface area contributed by atoms with E-state index in [0.29, 0.717) is 17.1 Å². The zero-order chi connectivity index (χ0) is 12.4. The standard InChI is InChI=1S/C11H12N2O3S/c1-2-13-6-12-5-8(13)9(14)10-7(11(15)16)3-4-17-10/h3-6,9,14H,2H2,1H3,(H,15,16). The predicted octanol–water partition coefficient (Wildman–Crippen LogP) is 1.74. The number of hydrogen-bond donors (Lipinski definition) is 2. The summed E-state index contributed by atoms with van der Waals surface area (Å²) in [5.74, 6) is -1.03. The van der Waals surface area contributed by atoms with Crippen LogP contribution in [0.3, 0.4) is 0 Å². The Labute approximate surface area is 102 Å². The lowest BCUT2D eigenvalue weighted by molar-refractivity contribution is 0.0692. The summed E-state index contributed by atoms with van der Waals surface area (Å²) in [5, 5.41) is 20.9. The number of aliphatic hydroxyl groups excluding tert-OH is 1. The molecular formula is C11H12N2O3S. The lowest BCUT2D eigenvalue weighted by atomic mass is 10.1. The minimum atomic E-state index is -1.03. The summed E-state index contributed by atoms with van der Waals surface area (Å²) in [6.45, 7) is 2.62. The maximum absolute atomic E-state index is 11.0. The zero-order valence-corrected chi connectivity index (χ0v) is 10.0. The van der Waals surface area contributed by atoms with Gasteiger partial charge in [0, 0.05) is 6.54 Å². The minimum absolute atomic E-state index is 0.145. The first-order valence-electron chi connectivity index (χ1n) is 5.14. The summed E-state index contributed by atoms with van der Waals surface area (Å²) in [7, 11) is 0. The van der Waals surface area contributed by atoms with Crippen LogP contribution in [0.2, 0.25) is 0 Å². The van der Waals surface area contributed by atoms with E-state index >= 15 is 0 Å². The van der Waals surface area contributed by atoms with E-state index in [9.17, 15) is 9.90 Å². The highest BCUT2D eigenvalue weighted by molar-refractivity contribution is 7.10. The van der Waals surface area contributed by atoms with E-state index in [1.54, 1.807) is 22.5 Å². The van der Waals surface area contributed by atoms with Gasteiger partial charge in [0.05, 0.1) is 28.7 Å². The second-order valence-electron chi connectivity index (χ2n) is 3.51. The monoisotopic (exact) mass is 252 g/mol. The van der Waals surface area contributed by atoms with Crippen LogP contribution >= 0.6 is 11.3 Å². The van der Waals surface area contributed by atoms with Crippen molar-refractivity contribution in [2.45, 2.75) is 19.6 Å². The first kappa shape index (κ1) is 11.8. The molecule has 0 aliphatic carbocycles. The Kier molecular flexibility index (Phi) is 3.26. The number of aryl methyl sites for hydroxylation is 1. The molecule has 0 aliphatic heterocycles. The SMILES string of the molecule is CCn1cncc1C(O)c1sccc1C(=O)O. The molecule has 6 heteroatoms. The van der Waals surface area contributed by atoms with Crippen molar-refractivity contribution in [3.8, 4) is 0 Å². The zero-order valence-electron chi connectivity index (χ0n) is 9.20. The van der Waals surface area contributed by atoms with Crippen LogP contribution < -0.4 is 0 Å². The molecule has 0 aliphatic rings. The fourth-order valence-electron chi connectivity index (χ4n) is 1.67. The number of carbonyl (C=O) groups is 1. The van der Waals surface area contributed by atoms with Gasteiger partial charge in [-0.1, -0.05) is 0 Å². The molecule has 0 aromatic carbocycles. The fraction of sp³-hybridized carbons (Fsp3) is 0.273. The van der Waals surface area contributed by atoms with E-state index in [1.165, 1.54) is 17.4 Å². The van der Waals surface area contributed by atoms with Crippen molar-refractivity contribution in [1.29, 1.82) is 0 Å². The molecule has 5 nitrogen and oxygen atoms in total. The van der Waals surface area contributed by atoms with Crippen molar-refractivity contribution in [3.63, 3.8) is 0 Å². The van der Waals surface area contributed by atoms with Gasteiger partial charge in [0.1, 0.15) is 6.10 Å². The van der Waals surface area contributed by atoms with Gasteiger partial charge in [0.15, 0.2) is 0 Å². The van der Waals surface area contributed by atoms with Gasteiger partial charge in [0.2, 0.25) is 0 Å². The molecule has 0 fully saturated rings. The van der Waals surface area contributed by atoms with Crippen molar-refractivity contribution in [3.05, 3.63) is 40.1 Å². The molecule has 2 N–H and O–H groups in total. The lowest BCUT2D eigenvalue weighted by Crippen LogP contribution is -2.09. The maximum Gasteiger partial charge on any atom is 0.336 e. The molecule has 0 saturated carbocycles. The third kappa shape index (κ3) is 2.09.